The smallest absolute Gasteiger partial charge is 0.375 e. The molecule has 0 spiro atoms. The van der Waals surface area contributed by atoms with Crippen LogP contribution in [0.1, 0.15) is 45.6 Å². The monoisotopic (exact) mass is 527 g/mol. The van der Waals surface area contributed by atoms with Gasteiger partial charge in [0.25, 0.3) is 5.91 Å². The van der Waals surface area contributed by atoms with E-state index >= 15 is 0 Å². The molecule has 1 aliphatic heterocycles. The predicted molar refractivity (Wildman–Crippen MR) is 134 cm³/mol. The first kappa shape index (κ1) is 26.7. The number of carbonyl (C=O) groups excluding carboxylic acids is 1. The number of halogens is 4. The molecular weight excluding hydrogens is 503 g/mol. The highest BCUT2D eigenvalue weighted by molar-refractivity contribution is 6.30. The average molecular weight is 528 g/mol. The number of hydrogen-bond donors (Lipinski definition) is 1. The van der Waals surface area contributed by atoms with Crippen LogP contribution in [0.25, 0.3) is 0 Å². The Morgan fingerprint density at radius 2 is 1.65 bits per heavy atom. The molecule has 0 radical (unpaired) electrons. The highest BCUT2D eigenvalue weighted by atomic mass is 35.5. The van der Waals surface area contributed by atoms with Gasteiger partial charge < -0.3 is 10.1 Å². The van der Waals surface area contributed by atoms with E-state index in [1.54, 1.807) is 12.1 Å². The van der Waals surface area contributed by atoms with Crippen LogP contribution < -0.4 is 5.32 Å². The van der Waals surface area contributed by atoms with Gasteiger partial charge in [-0.15, -0.1) is 0 Å². The predicted octanol–water partition coefficient (Wildman–Crippen LogP) is 5.84. The second kappa shape index (κ2) is 11.3. The van der Waals surface area contributed by atoms with E-state index in [0.717, 1.165) is 23.3 Å². The lowest BCUT2D eigenvalue weighted by Gasteiger charge is -2.29. The molecule has 0 saturated carbocycles. The quantitative estimate of drug-likeness (QED) is 0.419. The number of alkyl halides is 3. The van der Waals surface area contributed by atoms with Gasteiger partial charge in [-0.3, -0.25) is 9.69 Å². The molecule has 0 aliphatic carbocycles. The number of hydrogen-bond acceptors (Lipinski definition) is 4. The first-order valence-corrected chi connectivity index (χ1v) is 12.2. The van der Waals surface area contributed by atoms with Crippen LogP contribution in [0.5, 0.6) is 0 Å². The molecule has 1 saturated heterocycles. The second-order valence-corrected chi connectivity index (χ2v) is 9.23. The summed E-state index contributed by atoms with van der Waals surface area (Å²) in [6, 6.07) is 20.5. The number of benzene rings is 3. The maximum absolute atomic E-state index is 12.9. The Labute approximate surface area is 218 Å². The van der Waals surface area contributed by atoms with E-state index in [-0.39, 0.29) is 23.8 Å². The molecule has 192 valence electrons. The summed E-state index contributed by atoms with van der Waals surface area (Å²) < 4.78 is 44.7. The van der Waals surface area contributed by atoms with Crippen molar-refractivity contribution in [2.75, 3.05) is 19.7 Å². The lowest BCUT2D eigenvalue weighted by Crippen LogP contribution is -2.44. The zero-order valence-corrected chi connectivity index (χ0v) is 20.8. The van der Waals surface area contributed by atoms with E-state index in [2.05, 4.69) is 16.3 Å². The molecule has 0 aromatic heterocycles. The van der Waals surface area contributed by atoms with Crippen molar-refractivity contribution in [2.45, 2.75) is 31.3 Å². The maximum atomic E-state index is 12.9. The third-order valence-corrected chi connectivity index (χ3v) is 6.62. The fraction of sp³-hybridized carbons (Fsp3) is 0.286. The molecular formula is C28H25ClF3N3O2. The van der Waals surface area contributed by atoms with Crippen LogP contribution in [-0.2, 0) is 10.9 Å². The topological polar surface area (TPSA) is 65.4 Å². The van der Waals surface area contributed by atoms with Crippen LogP contribution in [0, 0.1) is 11.3 Å². The van der Waals surface area contributed by atoms with E-state index < -0.39 is 17.6 Å². The van der Waals surface area contributed by atoms with Gasteiger partial charge in [0.05, 0.1) is 35.4 Å². The molecule has 1 N–H and O–H groups in total. The average Bonchev–Trinajstić information content (AvgIpc) is 3.27. The molecule has 1 aliphatic rings. The molecule has 1 unspecified atom stereocenters. The Kier molecular flexibility index (Phi) is 8.18. The summed E-state index contributed by atoms with van der Waals surface area (Å²) in [7, 11) is 0. The molecule has 37 heavy (non-hydrogen) atoms. The summed E-state index contributed by atoms with van der Waals surface area (Å²) in [5, 5.41) is 12.8. The van der Waals surface area contributed by atoms with Crippen molar-refractivity contribution < 1.29 is 22.7 Å². The van der Waals surface area contributed by atoms with E-state index in [1.165, 1.54) is 12.1 Å². The van der Waals surface area contributed by atoms with Crippen molar-refractivity contribution in [3.63, 3.8) is 0 Å². The van der Waals surface area contributed by atoms with E-state index in [0.29, 0.717) is 30.3 Å². The Morgan fingerprint density at radius 3 is 2.19 bits per heavy atom. The molecule has 3 aromatic carbocycles. The van der Waals surface area contributed by atoms with Gasteiger partial charge >= 0.3 is 6.18 Å². The van der Waals surface area contributed by atoms with Gasteiger partial charge in [0.15, 0.2) is 0 Å². The Balaban J connectivity index is 1.58. The number of likely N-dealkylation sites (tertiary alicyclic amines) is 1. The van der Waals surface area contributed by atoms with Crippen molar-refractivity contribution in [3.05, 3.63) is 106 Å². The highest BCUT2D eigenvalue weighted by Gasteiger charge is 2.39. The van der Waals surface area contributed by atoms with Crippen LogP contribution in [0.3, 0.4) is 0 Å². The summed E-state index contributed by atoms with van der Waals surface area (Å²) in [6.45, 7) is 3.27. The minimum absolute atomic E-state index is 0.142. The van der Waals surface area contributed by atoms with Gasteiger partial charge in [0.2, 0.25) is 0 Å². The molecule has 0 bridgehead atoms. The number of rotatable bonds is 7. The van der Waals surface area contributed by atoms with E-state index in [9.17, 15) is 23.2 Å². The van der Waals surface area contributed by atoms with Crippen molar-refractivity contribution in [1.82, 2.24) is 10.2 Å². The largest absolute Gasteiger partial charge is 0.416 e. The van der Waals surface area contributed by atoms with Crippen LogP contribution in [-0.4, -0.2) is 42.6 Å². The molecule has 5 nitrogen and oxygen atoms in total. The summed E-state index contributed by atoms with van der Waals surface area (Å²) in [5.41, 5.74) is 1.83. The Bertz CT molecular complexity index is 1260. The van der Waals surface area contributed by atoms with Crippen molar-refractivity contribution in [2.24, 2.45) is 0 Å². The lowest BCUT2D eigenvalue weighted by molar-refractivity contribution is -0.137. The number of ether oxygens (including phenoxy) is 1. The van der Waals surface area contributed by atoms with Gasteiger partial charge in [-0.25, -0.2) is 0 Å². The Hall–Kier alpha value is -3.38. The van der Waals surface area contributed by atoms with Gasteiger partial charge in [0.1, 0.15) is 0 Å². The first-order valence-electron chi connectivity index (χ1n) is 11.8. The van der Waals surface area contributed by atoms with E-state index in [1.807, 2.05) is 43.3 Å². The van der Waals surface area contributed by atoms with Crippen molar-refractivity contribution in [3.8, 4) is 6.07 Å². The molecule has 4 rings (SSSR count). The van der Waals surface area contributed by atoms with Crippen LogP contribution >= 0.6 is 11.6 Å². The van der Waals surface area contributed by atoms with Crippen molar-refractivity contribution >= 4 is 17.5 Å². The van der Waals surface area contributed by atoms with Gasteiger partial charge in [0, 0.05) is 30.3 Å². The fourth-order valence-electron chi connectivity index (χ4n) is 4.60. The minimum atomic E-state index is -4.47. The SMILES string of the molecule is CCO[C@H]1CN(C(c2ccc(Cl)cc2)c2ccc(C#N)cc2)C[C@@H]1NC(=O)c1ccc(C(F)(F)F)cc1. The highest BCUT2D eigenvalue weighted by Crippen LogP contribution is 2.34. The first-order chi connectivity index (χ1) is 17.7. The van der Waals surface area contributed by atoms with Crippen molar-refractivity contribution in [1.29, 1.82) is 5.26 Å². The van der Waals surface area contributed by atoms with E-state index in [4.69, 9.17) is 16.3 Å². The number of nitrogens with zero attached hydrogens (tertiary/aromatic N) is 2. The summed E-state index contributed by atoms with van der Waals surface area (Å²) in [5.74, 6) is -0.466. The maximum Gasteiger partial charge on any atom is 0.416 e. The number of nitrogens with one attached hydrogen (secondary N) is 1. The fourth-order valence-corrected chi connectivity index (χ4v) is 4.72. The van der Waals surface area contributed by atoms with Crippen LogP contribution in [0.15, 0.2) is 72.8 Å². The normalized spacial score (nSPS) is 18.8. The van der Waals surface area contributed by atoms with Gasteiger partial charge in [-0.05, 0) is 66.6 Å². The number of nitriles is 1. The summed E-state index contributed by atoms with van der Waals surface area (Å²) in [6.07, 6.45) is -4.79. The molecule has 1 heterocycles. The van der Waals surface area contributed by atoms with Gasteiger partial charge in [-0.2, -0.15) is 18.4 Å². The second-order valence-electron chi connectivity index (χ2n) is 8.79. The van der Waals surface area contributed by atoms with Crippen LogP contribution in [0.2, 0.25) is 5.02 Å². The summed E-state index contributed by atoms with van der Waals surface area (Å²) >= 11 is 6.12. The number of carbonyl (C=O) groups is 1. The molecule has 1 amide bonds. The lowest BCUT2D eigenvalue weighted by atomic mass is 9.96. The molecule has 3 aromatic rings. The minimum Gasteiger partial charge on any atom is -0.375 e. The number of amides is 1. The molecule has 9 heteroatoms. The third kappa shape index (κ3) is 6.31. The standard InChI is InChI=1S/C28H25ClF3N3O2/c1-2-37-25-17-35(16-24(25)34-27(36)21-7-11-22(12-8-21)28(30,31)32)26(20-9-13-23(29)14-10-20)19-5-3-18(15-33)4-6-19/h3-14,24-26H,2,16-17H2,1H3,(H,34,36)/t24-,25-,26?/m0/s1. The van der Waals surface area contributed by atoms with Gasteiger partial charge in [-0.1, -0.05) is 35.9 Å². The summed E-state index contributed by atoms with van der Waals surface area (Å²) in [4.78, 5) is 15.1. The molecule has 3 atom stereocenters. The van der Waals surface area contributed by atoms with Crippen LogP contribution in [0.4, 0.5) is 13.2 Å². The zero-order chi connectivity index (χ0) is 26.6. The Morgan fingerprint density at radius 1 is 1.05 bits per heavy atom. The molecule has 1 fully saturated rings. The zero-order valence-electron chi connectivity index (χ0n) is 20.0. The third-order valence-electron chi connectivity index (χ3n) is 6.37.